The van der Waals surface area contributed by atoms with E-state index in [1.165, 1.54) is 16.9 Å². The third-order valence-electron chi connectivity index (χ3n) is 13.3. The fraction of sp³-hybridized carbons (Fsp3) is 0.397. The van der Waals surface area contributed by atoms with Crippen LogP contribution in [0.25, 0.3) is 20.5 Å². The van der Waals surface area contributed by atoms with E-state index >= 15 is 0 Å². The Labute approximate surface area is 437 Å². The van der Waals surface area contributed by atoms with Gasteiger partial charge in [-0.3, -0.25) is 14.4 Å². The molecule has 0 bridgehead atoms. The van der Waals surface area contributed by atoms with Crippen LogP contribution in [0, 0.1) is 5.41 Å². The zero-order valence-electron chi connectivity index (χ0n) is 42.8. The van der Waals surface area contributed by atoms with Crippen LogP contribution in [0.3, 0.4) is 0 Å². The number of aromatic hydroxyl groups is 2. The van der Waals surface area contributed by atoms with Crippen molar-refractivity contribution in [2.75, 3.05) is 59.9 Å². The first-order valence-corrected chi connectivity index (χ1v) is 26.2. The monoisotopic (exact) mass is 1030 g/mol. The molecule has 0 saturated heterocycles. The van der Waals surface area contributed by atoms with Crippen LogP contribution in [0.15, 0.2) is 109 Å². The molecule has 3 amide bonds. The summed E-state index contributed by atoms with van der Waals surface area (Å²) in [7, 11) is 1.70. The first kappa shape index (κ1) is 53.6. The summed E-state index contributed by atoms with van der Waals surface area (Å²) in [5.74, 6) is 2.13. The lowest BCUT2D eigenvalue weighted by Crippen LogP contribution is -2.62. The lowest BCUT2D eigenvalue weighted by molar-refractivity contribution is -0.147. The molecule has 5 N–H and O–H groups in total. The number of phenolic OH excluding ortho intramolecular Hbond substituents is 2. The number of nitrogens with zero attached hydrogens (tertiary/aromatic N) is 1. The summed E-state index contributed by atoms with van der Waals surface area (Å²) in [5, 5.41) is 30.0. The van der Waals surface area contributed by atoms with E-state index in [2.05, 4.69) is 28.1 Å². The van der Waals surface area contributed by atoms with E-state index in [4.69, 9.17) is 28.4 Å². The van der Waals surface area contributed by atoms with Crippen molar-refractivity contribution in [2.24, 2.45) is 5.41 Å². The van der Waals surface area contributed by atoms with Crippen LogP contribution in [-0.2, 0) is 48.0 Å². The quantitative estimate of drug-likeness (QED) is 0.0385. The number of ether oxygens (including phenoxy) is 6. The Morgan fingerprint density at radius 1 is 0.730 bits per heavy atom. The number of carbonyl (C=O) groups is 3. The van der Waals surface area contributed by atoms with Crippen LogP contribution in [0.4, 0.5) is 0 Å². The predicted molar refractivity (Wildman–Crippen MR) is 285 cm³/mol. The first-order valence-electron chi connectivity index (χ1n) is 25.4. The number of thiophene rings is 1. The molecule has 392 valence electrons. The van der Waals surface area contributed by atoms with Crippen LogP contribution in [-0.4, -0.2) is 111 Å². The maximum absolute atomic E-state index is 14.7. The standard InChI is InChI=1S/C58H68N4O11S/c1-37(59-5)55(65)61-54(58(2,3)4)57(67)62-36-41-33-46(19-15-40(41)34-50(62)56(66)60-49-12-8-10-38-9-6-7-11-47(38)49)72-32-30-70-28-26-68-25-27-69-29-31-71-44-20-22-45(23-21-44)73-52-48-24-18-43(64)35-51(48)74-53(52)39-13-16-42(63)17-14-39/h6-7,9,11,13-24,33,35,37,49-50,54,59,63-64H,8,10,12,25-32,34,36H2,1-5H3,(H,60,66)(H,61,65)/t37-,49+,50-,54+/m0/s1. The summed E-state index contributed by atoms with van der Waals surface area (Å²) < 4.78 is 36.4. The van der Waals surface area contributed by atoms with Crippen LogP contribution in [0.1, 0.15) is 68.8 Å². The van der Waals surface area contributed by atoms with Crippen molar-refractivity contribution in [3.05, 3.63) is 131 Å². The Kier molecular flexibility index (Phi) is 18.1. The largest absolute Gasteiger partial charge is 0.508 e. The van der Waals surface area contributed by atoms with Gasteiger partial charge in [0.15, 0.2) is 5.75 Å². The van der Waals surface area contributed by atoms with Gasteiger partial charge in [0.25, 0.3) is 0 Å². The molecule has 8 rings (SSSR count). The van der Waals surface area contributed by atoms with Gasteiger partial charge >= 0.3 is 0 Å². The summed E-state index contributed by atoms with van der Waals surface area (Å²) in [6, 6.07) is 31.2. The minimum atomic E-state index is -0.877. The van der Waals surface area contributed by atoms with Gasteiger partial charge in [0.2, 0.25) is 17.7 Å². The van der Waals surface area contributed by atoms with E-state index in [1.807, 2.05) is 93.6 Å². The van der Waals surface area contributed by atoms with Crippen molar-refractivity contribution >= 4 is 39.1 Å². The molecule has 4 atom stereocenters. The second-order valence-corrected chi connectivity index (χ2v) is 20.7. The van der Waals surface area contributed by atoms with Crippen LogP contribution in [0.5, 0.6) is 34.5 Å². The molecule has 74 heavy (non-hydrogen) atoms. The highest BCUT2D eigenvalue weighted by atomic mass is 32.1. The molecule has 16 heteroatoms. The van der Waals surface area contributed by atoms with Crippen molar-refractivity contribution in [3.8, 4) is 44.9 Å². The van der Waals surface area contributed by atoms with Crippen molar-refractivity contribution in [1.82, 2.24) is 20.9 Å². The molecule has 2 aliphatic rings. The molecule has 0 unspecified atom stereocenters. The van der Waals surface area contributed by atoms with E-state index in [9.17, 15) is 24.6 Å². The number of hydrogen-bond acceptors (Lipinski definition) is 13. The van der Waals surface area contributed by atoms with Crippen molar-refractivity contribution in [2.45, 2.75) is 84.1 Å². The molecular weight excluding hydrogens is 961 g/mol. The van der Waals surface area contributed by atoms with Gasteiger partial charge in [0, 0.05) is 23.1 Å². The summed E-state index contributed by atoms with van der Waals surface area (Å²) in [4.78, 5) is 44.7. The maximum Gasteiger partial charge on any atom is 0.246 e. The zero-order chi connectivity index (χ0) is 52.2. The van der Waals surface area contributed by atoms with Gasteiger partial charge in [-0.2, -0.15) is 0 Å². The highest BCUT2D eigenvalue weighted by Gasteiger charge is 2.43. The zero-order valence-corrected chi connectivity index (χ0v) is 43.6. The Morgan fingerprint density at radius 2 is 1.36 bits per heavy atom. The number of rotatable bonds is 23. The van der Waals surface area contributed by atoms with Gasteiger partial charge in [-0.25, -0.2) is 0 Å². The Hall–Kier alpha value is -6.69. The van der Waals surface area contributed by atoms with Crippen LogP contribution < -0.4 is 30.2 Å². The van der Waals surface area contributed by atoms with Crippen molar-refractivity contribution in [3.63, 3.8) is 0 Å². The summed E-state index contributed by atoms with van der Waals surface area (Å²) in [5.41, 5.74) is 4.44. The third-order valence-corrected chi connectivity index (χ3v) is 14.5. The van der Waals surface area contributed by atoms with E-state index in [-0.39, 0.29) is 41.8 Å². The fourth-order valence-electron chi connectivity index (χ4n) is 9.17. The van der Waals surface area contributed by atoms with E-state index in [0.29, 0.717) is 82.3 Å². The number of fused-ring (bicyclic) bond motifs is 3. The molecule has 1 aliphatic carbocycles. The average Bonchev–Trinajstić information content (AvgIpc) is 3.75. The van der Waals surface area contributed by atoms with Crippen molar-refractivity contribution in [1.29, 1.82) is 0 Å². The fourth-order valence-corrected chi connectivity index (χ4v) is 10.3. The summed E-state index contributed by atoms with van der Waals surface area (Å²) in [6.07, 6.45) is 3.07. The predicted octanol–water partition coefficient (Wildman–Crippen LogP) is 8.87. The number of likely N-dealkylation sites (N-methyl/N-ethyl adjacent to an activating group) is 1. The number of benzene rings is 5. The van der Waals surface area contributed by atoms with Gasteiger partial charge in [-0.15, -0.1) is 11.3 Å². The molecule has 0 saturated carbocycles. The smallest absolute Gasteiger partial charge is 0.246 e. The Morgan fingerprint density at radius 3 is 2.05 bits per heavy atom. The second kappa shape index (κ2) is 25.0. The minimum Gasteiger partial charge on any atom is -0.508 e. The molecule has 0 radical (unpaired) electrons. The van der Waals surface area contributed by atoms with E-state index in [1.54, 1.807) is 43.1 Å². The number of aryl methyl sites for hydroxylation is 1. The number of nitrogens with one attached hydrogen (secondary N) is 3. The lowest BCUT2D eigenvalue weighted by atomic mass is 9.83. The molecule has 0 fully saturated rings. The minimum absolute atomic E-state index is 0.149. The Bertz CT molecular complexity index is 2850. The van der Waals surface area contributed by atoms with Gasteiger partial charge in [0.1, 0.15) is 54.0 Å². The maximum atomic E-state index is 14.7. The highest BCUT2D eigenvalue weighted by molar-refractivity contribution is 7.22. The molecule has 1 aromatic heterocycles. The number of hydrogen-bond donors (Lipinski definition) is 5. The number of phenols is 2. The SMILES string of the molecule is CN[C@@H](C)C(=O)N[C@H](C(=O)N1Cc2cc(OCCOCCOCCOCCOc3ccc(Oc4c(-c5ccc(O)cc5)sc5cc(O)ccc45)cc3)ccc2C[C@H]1C(=O)N[C@@H]1CCCc2ccccc21)C(C)(C)C. The van der Waals surface area contributed by atoms with Crippen molar-refractivity contribution < 1.29 is 53.0 Å². The second-order valence-electron chi connectivity index (χ2n) is 19.7. The molecule has 5 aromatic carbocycles. The molecule has 0 spiro atoms. The number of carbonyl (C=O) groups excluding carboxylic acids is 3. The van der Waals surface area contributed by atoms with Gasteiger partial charge in [0.05, 0.1) is 56.6 Å². The molecule has 2 heterocycles. The van der Waals surface area contributed by atoms with E-state index < -0.39 is 23.5 Å². The average molecular weight is 1030 g/mol. The van der Waals surface area contributed by atoms with E-state index in [0.717, 1.165) is 56.5 Å². The summed E-state index contributed by atoms with van der Waals surface area (Å²) >= 11 is 1.50. The number of amides is 3. The van der Waals surface area contributed by atoms with Crippen LogP contribution in [0.2, 0.25) is 0 Å². The topological polar surface area (TPSA) is 186 Å². The molecule has 15 nitrogen and oxygen atoms in total. The first-order chi connectivity index (χ1) is 35.7. The normalized spacial score (nSPS) is 16.1. The highest BCUT2D eigenvalue weighted by Crippen LogP contribution is 2.47. The van der Waals surface area contributed by atoms with Gasteiger partial charge < -0.3 is 59.5 Å². The molecular formula is C58H68N4O11S. The van der Waals surface area contributed by atoms with Crippen LogP contribution >= 0.6 is 11.3 Å². The molecule has 1 aliphatic heterocycles. The third kappa shape index (κ3) is 13.7. The lowest BCUT2D eigenvalue weighted by Gasteiger charge is -2.41. The summed E-state index contributed by atoms with van der Waals surface area (Å²) in [6.45, 7) is 10.6. The molecule has 6 aromatic rings. The van der Waals surface area contributed by atoms with Gasteiger partial charge in [-0.05, 0) is 145 Å². The van der Waals surface area contributed by atoms with Gasteiger partial charge in [-0.1, -0.05) is 51.1 Å². The Balaban J connectivity index is 0.751.